The van der Waals surface area contributed by atoms with Crippen LogP contribution in [0.15, 0.2) is 0 Å². The summed E-state index contributed by atoms with van der Waals surface area (Å²) in [5, 5.41) is 8.30. The molecule has 13 heavy (non-hydrogen) atoms. The van der Waals surface area contributed by atoms with Crippen molar-refractivity contribution in [3.63, 3.8) is 0 Å². The Morgan fingerprint density at radius 3 is 2.46 bits per heavy atom. The molecule has 1 saturated heterocycles. The largest absolute Gasteiger partial charge is 0.390 e. The molecule has 0 aromatic carbocycles. The van der Waals surface area contributed by atoms with Gasteiger partial charge in [0.25, 0.3) is 0 Å². The van der Waals surface area contributed by atoms with Gasteiger partial charge in [-0.25, -0.2) is 0 Å². The molecular formula is C8H11F3N2. The van der Waals surface area contributed by atoms with Crippen LogP contribution in [0.2, 0.25) is 0 Å². The molecule has 0 spiro atoms. The molecule has 0 aromatic rings. The standard InChI is InChI=1S/C8H11F3N2/c9-8(10,11)2-4-13-5-7(6-13)1-3-12/h7H,1-2,4-6H2. The fraction of sp³-hybridized carbons (Fsp3) is 0.875. The first-order valence-corrected chi connectivity index (χ1v) is 4.17. The minimum atomic E-state index is -4.06. The summed E-state index contributed by atoms with van der Waals surface area (Å²) in [6, 6.07) is 2.01. The molecule has 0 bridgehead atoms. The Kier molecular flexibility index (Phi) is 3.15. The van der Waals surface area contributed by atoms with Gasteiger partial charge in [-0.15, -0.1) is 0 Å². The Hall–Kier alpha value is -0.760. The lowest BCUT2D eigenvalue weighted by atomic mass is 9.97. The first-order chi connectivity index (χ1) is 6.01. The highest BCUT2D eigenvalue weighted by Gasteiger charge is 2.32. The number of nitriles is 1. The van der Waals surface area contributed by atoms with E-state index in [-0.39, 0.29) is 6.54 Å². The third kappa shape index (κ3) is 3.64. The van der Waals surface area contributed by atoms with Crippen molar-refractivity contribution in [3.05, 3.63) is 0 Å². The summed E-state index contributed by atoms with van der Waals surface area (Å²) in [5.74, 6) is 0.290. The highest BCUT2D eigenvalue weighted by molar-refractivity contribution is 4.87. The minimum absolute atomic E-state index is 0.0748. The van der Waals surface area contributed by atoms with Crippen LogP contribution < -0.4 is 0 Å². The zero-order chi connectivity index (χ0) is 9.90. The first kappa shape index (κ1) is 10.3. The third-order valence-corrected chi connectivity index (χ3v) is 2.12. The van der Waals surface area contributed by atoms with Crippen molar-refractivity contribution in [2.75, 3.05) is 19.6 Å². The average Bonchev–Trinajstić information content (AvgIpc) is 1.91. The maximum Gasteiger partial charge on any atom is 0.390 e. The van der Waals surface area contributed by atoms with Gasteiger partial charge in [0.1, 0.15) is 0 Å². The van der Waals surface area contributed by atoms with E-state index in [4.69, 9.17) is 5.26 Å². The SMILES string of the molecule is N#CCC1CN(CCC(F)(F)F)C1. The van der Waals surface area contributed by atoms with Crippen LogP contribution >= 0.6 is 0 Å². The summed E-state index contributed by atoms with van der Waals surface area (Å²) in [4.78, 5) is 1.73. The van der Waals surface area contributed by atoms with Crippen LogP contribution in [-0.2, 0) is 0 Å². The molecule has 2 nitrogen and oxygen atoms in total. The summed E-state index contributed by atoms with van der Waals surface area (Å²) in [6.45, 7) is 1.36. The molecule has 1 rings (SSSR count). The second-order valence-electron chi connectivity index (χ2n) is 3.35. The quantitative estimate of drug-likeness (QED) is 0.681. The van der Waals surface area contributed by atoms with Crippen LogP contribution in [0.1, 0.15) is 12.8 Å². The molecule has 1 aliphatic heterocycles. The number of halogens is 3. The fourth-order valence-corrected chi connectivity index (χ4v) is 1.40. The molecule has 1 aliphatic rings. The number of nitrogens with zero attached hydrogens (tertiary/aromatic N) is 2. The van der Waals surface area contributed by atoms with Gasteiger partial charge in [-0.2, -0.15) is 18.4 Å². The van der Waals surface area contributed by atoms with Gasteiger partial charge in [0.15, 0.2) is 0 Å². The highest BCUT2D eigenvalue weighted by Crippen LogP contribution is 2.24. The Morgan fingerprint density at radius 2 is 2.00 bits per heavy atom. The normalized spacial score (nSPS) is 19.5. The van der Waals surface area contributed by atoms with Crippen molar-refractivity contribution < 1.29 is 13.2 Å². The van der Waals surface area contributed by atoms with Crippen molar-refractivity contribution in [2.24, 2.45) is 5.92 Å². The number of likely N-dealkylation sites (tertiary alicyclic amines) is 1. The van der Waals surface area contributed by atoms with E-state index in [2.05, 4.69) is 0 Å². The van der Waals surface area contributed by atoms with Crippen molar-refractivity contribution >= 4 is 0 Å². The number of hydrogen-bond acceptors (Lipinski definition) is 2. The lowest BCUT2D eigenvalue weighted by Gasteiger charge is -2.38. The van der Waals surface area contributed by atoms with Crippen LogP contribution in [0.3, 0.4) is 0 Å². The molecule has 0 aromatic heterocycles. The van der Waals surface area contributed by atoms with Gasteiger partial charge in [0.05, 0.1) is 12.5 Å². The Balaban J connectivity index is 2.06. The Morgan fingerprint density at radius 1 is 1.38 bits per heavy atom. The van der Waals surface area contributed by atoms with Crippen molar-refractivity contribution in [3.8, 4) is 6.07 Å². The van der Waals surface area contributed by atoms with Crippen molar-refractivity contribution in [1.82, 2.24) is 4.90 Å². The van der Waals surface area contributed by atoms with E-state index >= 15 is 0 Å². The molecule has 74 valence electrons. The Labute approximate surface area is 74.9 Å². The highest BCUT2D eigenvalue weighted by atomic mass is 19.4. The predicted molar refractivity (Wildman–Crippen MR) is 40.8 cm³/mol. The molecule has 0 radical (unpaired) electrons. The summed E-state index contributed by atoms with van der Waals surface area (Å²) < 4.78 is 35.2. The molecule has 0 unspecified atom stereocenters. The zero-order valence-electron chi connectivity index (χ0n) is 7.14. The van der Waals surface area contributed by atoms with Crippen LogP contribution in [0.5, 0.6) is 0 Å². The maximum absolute atomic E-state index is 11.7. The lowest BCUT2D eigenvalue weighted by Crippen LogP contribution is -2.47. The first-order valence-electron chi connectivity index (χ1n) is 4.17. The van der Waals surface area contributed by atoms with Gasteiger partial charge in [-0.3, -0.25) is 0 Å². The lowest BCUT2D eigenvalue weighted by molar-refractivity contribution is -0.141. The minimum Gasteiger partial charge on any atom is -0.302 e. The molecule has 0 saturated carbocycles. The summed E-state index contributed by atoms with van der Waals surface area (Å²) in [6.07, 6.45) is -4.34. The van der Waals surface area contributed by atoms with Gasteiger partial charge in [-0.05, 0) is 5.92 Å². The molecule has 0 N–H and O–H groups in total. The molecular weight excluding hydrogens is 181 g/mol. The topological polar surface area (TPSA) is 27.0 Å². The van der Waals surface area contributed by atoms with E-state index in [1.165, 1.54) is 0 Å². The van der Waals surface area contributed by atoms with Crippen LogP contribution in [0.4, 0.5) is 13.2 Å². The maximum atomic E-state index is 11.7. The van der Waals surface area contributed by atoms with Gasteiger partial charge in [0.2, 0.25) is 0 Å². The van der Waals surface area contributed by atoms with E-state index in [1.807, 2.05) is 6.07 Å². The molecule has 1 fully saturated rings. The van der Waals surface area contributed by atoms with Crippen LogP contribution in [-0.4, -0.2) is 30.7 Å². The van der Waals surface area contributed by atoms with Crippen molar-refractivity contribution in [2.45, 2.75) is 19.0 Å². The van der Waals surface area contributed by atoms with E-state index in [1.54, 1.807) is 4.90 Å². The van der Waals surface area contributed by atoms with Crippen LogP contribution in [0.25, 0.3) is 0 Å². The number of alkyl halides is 3. The smallest absolute Gasteiger partial charge is 0.302 e. The van der Waals surface area contributed by atoms with Gasteiger partial charge < -0.3 is 4.90 Å². The fourth-order valence-electron chi connectivity index (χ4n) is 1.40. The monoisotopic (exact) mass is 192 g/mol. The molecule has 5 heteroatoms. The summed E-state index contributed by atoms with van der Waals surface area (Å²) >= 11 is 0. The van der Waals surface area contributed by atoms with Gasteiger partial charge >= 0.3 is 6.18 Å². The van der Waals surface area contributed by atoms with Crippen LogP contribution in [0, 0.1) is 17.2 Å². The van der Waals surface area contributed by atoms with E-state index in [0.717, 1.165) is 0 Å². The van der Waals surface area contributed by atoms with E-state index in [9.17, 15) is 13.2 Å². The molecule has 0 aliphatic carbocycles. The molecule has 0 atom stereocenters. The molecule has 0 amide bonds. The van der Waals surface area contributed by atoms with E-state index < -0.39 is 12.6 Å². The number of hydrogen-bond donors (Lipinski definition) is 0. The zero-order valence-corrected chi connectivity index (χ0v) is 7.14. The predicted octanol–water partition coefficient (Wildman–Crippen LogP) is 1.78. The van der Waals surface area contributed by atoms with E-state index in [0.29, 0.717) is 25.4 Å². The second-order valence-corrected chi connectivity index (χ2v) is 3.35. The van der Waals surface area contributed by atoms with Crippen molar-refractivity contribution in [1.29, 1.82) is 5.26 Å². The third-order valence-electron chi connectivity index (χ3n) is 2.12. The van der Waals surface area contributed by atoms with Gasteiger partial charge in [-0.1, -0.05) is 0 Å². The summed E-state index contributed by atoms with van der Waals surface area (Å²) in [7, 11) is 0. The molecule has 1 heterocycles. The average molecular weight is 192 g/mol. The second kappa shape index (κ2) is 3.97. The van der Waals surface area contributed by atoms with Gasteiger partial charge in [0, 0.05) is 26.1 Å². The summed E-state index contributed by atoms with van der Waals surface area (Å²) in [5.41, 5.74) is 0. The Bertz CT molecular complexity index is 200. The number of rotatable bonds is 3.